The molecular weight excluding hydrogens is 526 g/mol. The third-order valence-corrected chi connectivity index (χ3v) is 9.12. The van der Waals surface area contributed by atoms with E-state index in [2.05, 4.69) is 16.7 Å². The van der Waals surface area contributed by atoms with Gasteiger partial charge in [0.1, 0.15) is 17.4 Å². The van der Waals surface area contributed by atoms with Gasteiger partial charge in [0, 0.05) is 12.3 Å². The molecule has 10 heteroatoms. The summed E-state index contributed by atoms with van der Waals surface area (Å²) in [6.07, 6.45) is 6.31. The van der Waals surface area contributed by atoms with Gasteiger partial charge in [0.05, 0.1) is 31.3 Å². The van der Waals surface area contributed by atoms with Gasteiger partial charge in [-0.05, 0) is 76.0 Å². The van der Waals surface area contributed by atoms with Crippen LogP contribution in [0.2, 0.25) is 0 Å². The van der Waals surface area contributed by atoms with Gasteiger partial charge in [-0.3, -0.25) is 19.2 Å². The van der Waals surface area contributed by atoms with E-state index in [9.17, 15) is 24.3 Å². The molecular formula is C31H43N3O7. The lowest BCUT2D eigenvalue weighted by Gasteiger charge is -2.40. The third kappa shape index (κ3) is 7.16. The van der Waals surface area contributed by atoms with Crippen molar-refractivity contribution in [3.8, 4) is 5.75 Å². The number of aliphatic hydroxyl groups excluding tert-OH is 1. The highest BCUT2D eigenvalue weighted by atomic mass is 16.6. The molecule has 0 radical (unpaired) electrons. The highest BCUT2D eigenvalue weighted by Crippen LogP contribution is 2.42. The van der Waals surface area contributed by atoms with Gasteiger partial charge in [-0.25, -0.2) is 0 Å². The van der Waals surface area contributed by atoms with Crippen molar-refractivity contribution >= 4 is 23.5 Å². The summed E-state index contributed by atoms with van der Waals surface area (Å²) < 4.78 is 10.6. The van der Waals surface area contributed by atoms with Crippen LogP contribution in [0.5, 0.6) is 5.75 Å². The lowest BCUT2D eigenvalue weighted by atomic mass is 9.65. The molecule has 1 saturated carbocycles. The van der Waals surface area contributed by atoms with Crippen LogP contribution >= 0.6 is 0 Å². The molecule has 0 unspecified atom stereocenters. The number of hydrogen-bond acceptors (Lipinski definition) is 7. The van der Waals surface area contributed by atoms with Gasteiger partial charge >= 0.3 is 0 Å². The minimum absolute atomic E-state index is 0.161. The van der Waals surface area contributed by atoms with Crippen molar-refractivity contribution in [3.05, 3.63) is 41.5 Å². The lowest BCUT2D eigenvalue weighted by molar-refractivity contribution is -0.144. The second kappa shape index (κ2) is 12.7. The van der Waals surface area contributed by atoms with Gasteiger partial charge in [-0.15, -0.1) is 0 Å². The summed E-state index contributed by atoms with van der Waals surface area (Å²) in [4.78, 5) is 53.4. The molecule has 3 amide bonds. The van der Waals surface area contributed by atoms with Crippen molar-refractivity contribution in [1.82, 2.24) is 10.6 Å². The summed E-state index contributed by atoms with van der Waals surface area (Å²) >= 11 is 0. The van der Waals surface area contributed by atoms with E-state index in [0.29, 0.717) is 31.6 Å². The first-order chi connectivity index (χ1) is 19.5. The molecule has 0 aromatic heterocycles. The van der Waals surface area contributed by atoms with Crippen LogP contribution in [0.25, 0.3) is 0 Å². The zero-order valence-corrected chi connectivity index (χ0v) is 24.2. The largest absolute Gasteiger partial charge is 0.497 e. The van der Waals surface area contributed by atoms with Gasteiger partial charge in [0.2, 0.25) is 17.7 Å². The van der Waals surface area contributed by atoms with Crippen molar-refractivity contribution in [2.45, 2.75) is 95.4 Å². The number of nitrogens with one attached hydrogen (secondary N) is 2. The highest BCUT2D eigenvalue weighted by molar-refractivity contribution is 5.98. The molecule has 1 aliphatic heterocycles. The highest BCUT2D eigenvalue weighted by Gasteiger charge is 2.51. The van der Waals surface area contributed by atoms with E-state index in [-0.39, 0.29) is 25.0 Å². The minimum Gasteiger partial charge on any atom is -0.497 e. The monoisotopic (exact) mass is 569 g/mol. The molecule has 2 aliphatic carbocycles. The predicted octanol–water partition coefficient (Wildman–Crippen LogP) is 2.11. The fourth-order valence-electron chi connectivity index (χ4n) is 6.05. The Morgan fingerprint density at radius 3 is 2.24 bits per heavy atom. The molecule has 0 spiro atoms. The van der Waals surface area contributed by atoms with Crippen molar-refractivity contribution in [2.75, 3.05) is 13.7 Å². The number of methoxy groups -OCH3 is 1. The van der Waals surface area contributed by atoms with Crippen LogP contribution in [0.4, 0.5) is 0 Å². The van der Waals surface area contributed by atoms with Crippen LogP contribution in [0.3, 0.4) is 0 Å². The fraction of sp³-hybridized carbons (Fsp3) is 0.613. The van der Waals surface area contributed by atoms with Crippen LogP contribution in [0.15, 0.2) is 35.9 Å². The lowest BCUT2D eigenvalue weighted by Crippen LogP contribution is -2.57. The summed E-state index contributed by atoms with van der Waals surface area (Å²) in [6, 6.07) is 5.37. The zero-order valence-electron chi connectivity index (χ0n) is 24.2. The van der Waals surface area contributed by atoms with Crippen LogP contribution < -0.4 is 21.1 Å². The second-order valence-electron chi connectivity index (χ2n) is 12.0. The molecule has 4 rings (SSSR count). The molecule has 1 aromatic carbocycles. The van der Waals surface area contributed by atoms with Gasteiger partial charge in [0.25, 0.3) is 0 Å². The quantitative estimate of drug-likeness (QED) is 0.209. The number of carbonyl (C=O) groups excluding carboxylic acids is 4. The maximum Gasteiger partial charge on any atom is 0.243 e. The summed E-state index contributed by atoms with van der Waals surface area (Å²) in [6.45, 7) is 3.68. The fourth-order valence-corrected chi connectivity index (χ4v) is 6.05. The topological polar surface area (TPSA) is 160 Å². The summed E-state index contributed by atoms with van der Waals surface area (Å²) in [5.74, 6) is -1.91. The number of benzene rings is 1. The molecule has 41 heavy (non-hydrogen) atoms. The van der Waals surface area contributed by atoms with Crippen LogP contribution in [0.1, 0.15) is 70.8 Å². The molecule has 0 bridgehead atoms. The number of amides is 3. The number of carbonyl (C=O) groups is 4. The number of ketones is 1. The number of allylic oxidation sites excluding steroid dienone is 1. The third-order valence-electron chi connectivity index (χ3n) is 9.12. The average Bonchev–Trinajstić information content (AvgIpc) is 3.50. The molecule has 1 saturated heterocycles. The summed E-state index contributed by atoms with van der Waals surface area (Å²) in [5, 5.41) is 15.8. The van der Waals surface area contributed by atoms with E-state index in [4.69, 9.17) is 15.2 Å². The SMILES string of the molecule is COc1ccc(C[C@H](NC(=O)[C@H](C)C2(C(N)=O)CCC(O)CC2)C(=O)N[C@@H](CC2=CCCC2)C(=O)[C@@]2(C)CO2)cc1. The standard InChI is InChI=1S/C31H43N3O7/c1-19(31(29(32)39)14-12-22(35)13-15-31)27(37)34-25(17-21-8-10-23(40-3)11-9-21)28(38)33-24(16-20-6-4-5-7-20)26(36)30(2)18-41-30/h6,8-11,19,22,24-25,35H,4-5,7,12-18H2,1-3H3,(H2,32,39)(H,33,38)(H,34,37)/t19-,22?,24-,25-,30+,31?/m0/s1. The summed E-state index contributed by atoms with van der Waals surface area (Å²) in [5.41, 5.74) is 5.68. The first-order valence-electron chi connectivity index (χ1n) is 14.6. The van der Waals surface area contributed by atoms with Gasteiger partial charge in [-0.2, -0.15) is 0 Å². The first-order valence-corrected chi connectivity index (χ1v) is 14.6. The van der Waals surface area contributed by atoms with Crippen LogP contribution in [-0.4, -0.2) is 66.1 Å². The number of primary amides is 1. The van der Waals surface area contributed by atoms with Crippen molar-refractivity contribution in [2.24, 2.45) is 17.1 Å². The molecule has 3 aliphatic rings. The van der Waals surface area contributed by atoms with Crippen LogP contribution in [0, 0.1) is 11.3 Å². The number of rotatable bonds is 13. The molecule has 10 nitrogen and oxygen atoms in total. The molecule has 1 aromatic rings. The molecule has 5 N–H and O–H groups in total. The van der Waals surface area contributed by atoms with Gasteiger partial charge in [-0.1, -0.05) is 30.7 Å². The van der Waals surface area contributed by atoms with E-state index in [1.807, 2.05) is 12.1 Å². The van der Waals surface area contributed by atoms with E-state index in [1.165, 1.54) is 0 Å². The Labute approximate surface area is 241 Å². The van der Waals surface area contributed by atoms with Gasteiger partial charge < -0.3 is 30.9 Å². The Morgan fingerprint density at radius 1 is 1.07 bits per heavy atom. The normalized spacial score (nSPS) is 27.6. The van der Waals surface area contributed by atoms with E-state index < -0.39 is 52.8 Å². The Hall–Kier alpha value is -3.24. The number of nitrogens with two attached hydrogens (primary N) is 1. The predicted molar refractivity (Wildman–Crippen MR) is 152 cm³/mol. The number of aliphatic hydroxyl groups is 1. The molecule has 4 atom stereocenters. The maximum atomic E-state index is 13.8. The number of hydrogen-bond donors (Lipinski definition) is 4. The Morgan fingerprint density at radius 2 is 1.71 bits per heavy atom. The second-order valence-corrected chi connectivity index (χ2v) is 12.0. The first kappa shape index (κ1) is 30.7. The number of Topliss-reactive ketones (excluding diaryl/α,β-unsaturated/α-hetero) is 1. The Kier molecular flexibility index (Phi) is 9.54. The van der Waals surface area contributed by atoms with Crippen molar-refractivity contribution < 1.29 is 33.8 Å². The average molecular weight is 570 g/mol. The smallest absolute Gasteiger partial charge is 0.243 e. The summed E-state index contributed by atoms with van der Waals surface area (Å²) in [7, 11) is 1.56. The van der Waals surface area contributed by atoms with E-state index in [0.717, 1.165) is 30.4 Å². The van der Waals surface area contributed by atoms with Crippen molar-refractivity contribution in [1.29, 1.82) is 0 Å². The minimum atomic E-state index is -1.12. The van der Waals surface area contributed by atoms with E-state index >= 15 is 0 Å². The molecule has 1 heterocycles. The number of epoxide rings is 1. The molecule has 224 valence electrons. The van der Waals surface area contributed by atoms with E-state index in [1.54, 1.807) is 33.1 Å². The van der Waals surface area contributed by atoms with Crippen LogP contribution in [-0.2, 0) is 30.3 Å². The van der Waals surface area contributed by atoms with Crippen molar-refractivity contribution in [3.63, 3.8) is 0 Å². The maximum absolute atomic E-state index is 13.8. The number of ether oxygens (including phenoxy) is 2. The molecule has 2 fully saturated rings. The Balaban J connectivity index is 1.56. The zero-order chi connectivity index (χ0) is 29.8. The Bertz CT molecular complexity index is 1170. The van der Waals surface area contributed by atoms with Gasteiger partial charge in [0.15, 0.2) is 5.78 Å².